The predicted molar refractivity (Wildman–Crippen MR) is 90.7 cm³/mol. The Kier molecular flexibility index (Phi) is 3.66. The Morgan fingerprint density at radius 1 is 0.958 bits per heavy atom. The number of benzene rings is 2. The molecule has 24 heavy (non-hydrogen) atoms. The molecule has 0 aliphatic carbocycles. The Hall–Kier alpha value is -3.75. The Labute approximate surface area is 138 Å². The second-order valence-electron chi connectivity index (χ2n) is 5.23. The fraction of sp³-hybridized carbons (Fsp3) is 0.105. The van der Waals surface area contributed by atoms with Crippen LogP contribution in [0.3, 0.4) is 0 Å². The van der Waals surface area contributed by atoms with Crippen LogP contribution in [0.25, 0.3) is 27.4 Å². The molecule has 114 valence electrons. The lowest BCUT2D eigenvalue weighted by Gasteiger charge is -2.09. The summed E-state index contributed by atoms with van der Waals surface area (Å²) in [5.41, 5.74) is 2.24. The summed E-state index contributed by atoms with van der Waals surface area (Å²) in [6.45, 7) is 0. The molecule has 0 saturated carbocycles. The van der Waals surface area contributed by atoms with Gasteiger partial charge < -0.3 is 9.30 Å². The van der Waals surface area contributed by atoms with Crippen LogP contribution >= 0.6 is 0 Å². The third-order valence-corrected chi connectivity index (χ3v) is 4.09. The molecule has 0 fully saturated rings. The first kappa shape index (κ1) is 15.2. The number of aryl methyl sites for hydroxylation is 1. The topological polar surface area (TPSA) is 85.5 Å². The van der Waals surface area contributed by atoms with E-state index in [-0.39, 0.29) is 11.1 Å². The average Bonchev–Trinajstić information content (AvgIpc) is 2.91. The van der Waals surface area contributed by atoms with Gasteiger partial charge in [-0.3, -0.25) is 0 Å². The SMILES string of the molecule is COc1cc2c(cc1C(C#N)=C(C#N)C#N)c1ccccc1n2C. The molecule has 5 heteroatoms. The monoisotopic (exact) mass is 312 g/mol. The standard InChI is InChI=1S/C19H12N4O/c1-23-17-6-4-3-5-13(17)14-7-15(19(24-2)8-18(14)23)16(11-22)12(9-20)10-21/h3-8H,1-2H3. The minimum absolute atomic E-state index is 0.0201. The lowest BCUT2D eigenvalue weighted by atomic mass is 9.98. The van der Waals surface area contributed by atoms with E-state index < -0.39 is 0 Å². The van der Waals surface area contributed by atoms with Gasteiger partial charge in [-0.2, -0.15) is 15.8 Å². The summed E-state index contributed by atoms with van der Waals surface area (Å²) in [6.07, 6.45) is 0. The zero-order valence-corrected chi connectivity index (χ0v) is 13.2. The van der Waals surface area contributed by atoms with Gasteiger partial charge in [0.05, 0.1) is 18.2 Å². The number of para-hydroxylation sites is 1. The highest BCUT2D eigenvalue weighted by Gasteiger charge is 2.18. The van der Waals surface area contributed by atoms with Crippen LogP contribution in [0, 0.1) is 34.0 Å². The maximum absolute atomic E-state index is 9.45. The second-order valence-corrected chi connectivity index (χ2v) is 5.23. The highest BCUT2D eigenvalue weighted by Crippen LogP contribution is 2.36. The maximum Gasteiger partial charge on any atom is 0.148 e. The van der Waals surface area contributed by atoms with E-state index in [1.54, 1.807) is 12.1 Å². The Morgan fingerprint density at radius 3 is 2.29 bits per heavy atom. The summed E-state index contributed by atoms with van der Waals surface area (Å²) < 4.78 is 7.45. The van der Waals surface area contributed by atoms with E-state index in [9.17, 15) is 5.26 Å². The number of fused-ring (bicyclic) bond motifs is 3. The number of methoxy groups -OCH3 is 1. The van der Waals surface area contributed by atoms with Crippen LogP contribution in [0.4, 0.5) is 0 Å². The first-order valence-corrected chi connectivity index (χ1v) is 7.16. The molecule has 3 aromatic rings. The number of hydrogen-bond donors (Lipinski definition) is 0. The van der Waals surface area contributed by atoms with Crippen LogP contribution in [0.2, 0.25) is 0 Å². The number of rotatable bonds is 2. The van der Waals surface area contributed by atoms with E-state index in [1.807, 2.05) is 54.1 Å². The second kappa shape index (κ2) is 5.80. The van der Waals surface area contributed by atoms with Crippen molar-refractivity contribution < 1.29 is 4.74 Å². The fourth-order valence-electron chi connectivity index (χ4n) is 2.94. The van der Waals surface area contributed by atoms with Crippen LogP contribution in [-0.2, 0) is 7.05 Å². The molecule has 0 radical (unpaired) electrons. The van der Waals surface area contributed by atoms with Crippen molar-refractivity contribution in [3.63, 3.8) is 0 Å². The normalized spacial score (nSPS) is 9.96. The van der Waals surface area contributed by atoms with Crippen molar-refractivity contribution >= 4 is 27.4 Å². The first-order chi connectivity index (χ1) is 11.7. The van der Waals surface area contributed by atoms with Crippen molar-refractivity contribution in [1.82, 2.24) is 4.57 Å². The zero-order chi connectivity index (χ0) is 17.3. The number of hydrogen-bond acceptors (Lipinski definition) is 4. The summed E-state index contributed by atoms with van der Waals surface area (Å²) in [5.74, 6) is 0.452. The fourth-order valence-corrected chi connectivity index (χ4v) is 2.94. The van der Waals surface area contributed by atoms with Crippen molar-refractivity contribution in [1.29, 1.82) is 15.8 Å². The number of ether oxygens (including phenoxy) is 1. The molecule has 0 aliphatic heterocycles. The van der Waals surface area contributed by atoms with Gasteiger partial charge in [-0.05, 0) is 12.1 Å². The molecule has 1 heterocycles. The van der Waals surface area contributed by atoms with Crippen molar-refractivity contribution in [3.8, 4) is 24.0 Å². The quantitative estimate of drug-likeness (QED) is 0.676. The van der Waals surface area contributed by atoms with Crippen LogP contribution in [0.15, 0.2) is 42.0 Å². The summed E-state index contributed by atoms with van der Waals surface area (Å²) in [7, 11) is 3.46. The molecule has 2 aromatic carbocycles. The highest BCUT2D eigenvalue weighted by molar-refractivity contribution is 6.10. The van der Waals surface area contributed by atoms with Gasteiger partial charge in [0.25, 0.3) is 0 Å². The van der Waals surface area contributed by atoms with Crippen molar-refractivity contribution in [2.24, 2.45) is 7.05 Å². The van der Waals surface area contributed by atoms with E-state index >= 15 is 0 Å². The molecule has 5 nitrogen and oxygen atoms in total. The minimum Gasteiger partial charge on any atom is -0.496 e. The summed E-state index contributed by atoms with van der Waals surface area (Å²) in [5, 5.41) is 29.7. The summed E-state index contributed by atoms with van der Waals surface area (Å²) >= 11 is 0. The first-order valence-electron chi connectivity index (χ1n) is 7.16. The summed E-state index contributed by atoms with van der Waals surface area (Å²) in [6, 6.07) is 17.1. The van der Waals surface area contributed by atoms with Gasteiger partial charge in [-0.1, -0.05) is 18.2 Å². The van der Waals surface area contributed by atoms with E-state index in [0.717, 1.165) is 21.8 Å². The third kappa shape index (κ3) is 2.07. The molecule has 0 N–H and O–H groups in total. The van der Waals surface area contributed by atoms with E-state index in [1.165, 1.54) is 7.11 Å². The molecule has 1 aromatic heterocycles. The van der Waals surface area contributed by atoms with Gasteiger partial charge in [0.1, 0.15) is 29.5 Å². The Morgan fingerprint density at radius 2 is 1.67 bits per heavy atom. The van der Waals surface area contributed by atoms with Crippen molar-refractivity contribution in [2.45, 2.75) is 0 Å². The molecule has 0 amide bonds. The van der Waals surface area contributed by atoms with Gasteiger partial charge in [0, 0.05) is 35.0 Å². The molecule has 0 spiro atoms. The number of aromatic nitrogens is 1. The molecule has 0 atom stereocenters. The molecule has 0 aliphatic rings. The zero-order valence-electron chi connectivity index (χ0n) is 13.2. The Bertz CT molecular complexity index is 1110. The molecular formula is C19H12N4O. The molecule has 3 rings (SSSR count). The van der Waals surface area contributed by atoms with E-state index in [0.29, 0.717) is 11.3 Å². The molecule has 0 unspecified atom stereocenters. The number of allylic oxidation sites excluding steroid dienone is 2. The van der Waals surface area contributed by atoms with Crippen molar-refractivity contribution in [2.75, 3.05) is 7.11 Å². The lowest BCUT2D eigenvalue weighted by Crippen LogP contribution is -1.95. The lowest BCUT2D eigenvalue weighted by molar-refractivity contribution is 0.414. The molecule has 0 bridgehead atoms. The molecule has 0 saturated heterocycles. The van der Waals surface area contributed by atoms with E-state index in [4.69, 9.17) is 15.3 Å². The van der Waals surface area contributed by atoms with E-state index in [2.05, 4.69) is 0 Å². The van der Waals surface area contributed by atoms with Gasteiger partial charge in [-0.15, -0.1) is 0 Å². The average molecular weight is 312 g/mol. The molecular weight excluding hydrogens is 300 g/mol. The third-order valence-electron chi connectivity index (χ3n) is 4.09. The van der Waals surface area contributed by atoms with Crippen LogP contribution in [0.5, 0.6) is 5.75 Å². The van der Waals surface area contributed by atoms with Crippen LogP contribution < -0.4 is 4.74 Å². The van der Waals surface area contributed by atoms with Crippen molar-refractivity contribution in [3.05, 3.63) is 47.5 Å². The van der Waals surface area contributed by atoms with Crippen LogP contribution in [0.1, 0.15) is 5.56 Å². The predicted octanol–water partition coefficient (Wildman–Crippen LogP) is 3.66. The van der Waals surface area contributed by atoms with Gasteiger partial charge in [0.15, 0.2) is 0 Å². The largest absolute Gasteiger partial charge is 0.496 e. The maximum atomic E-state index is 9.45. The Balaban J connectivity index is 2.49. The summed E-state index contributed by atoms with van der Waals surface area (Å²) in [4.78, 5) is 0. The smallest absolute Gasteiger partial charge is 0.148 e. The van der Waals surface area contributed by atoms with Gasteiger partial charge >= 0.3 is 0 Å². The highest BCUT2D eigenvalue weighted by atomic mass is 16.5. The van der Waals surface area contributed by atoms with Gasteiger partial charge in [0.2, 0.25) is 0 Å². The van der Waals surface area contributed by atoms with Gasteiger partial charge in [-0.25, -0.2) is 0 Å². The minimum atomic E-state index is -0.226. The number of nitrogens with zero attached hydrogens (tertiary/aromatic N) is 4. The van der Waals surface area contributed by atoms with Crippen LogP contribution in [-0.4, -0.2) is 11.7 Å². The number of nitriles is 3.